The molecule has 1 aromatic heterocycles. The van der Waals surface area contributed by atoms with E-state index in [1.807, 2.05) is 24.3 Å². The van der Waals surface area contributed by atoms with Gasteiger partial charge in [0.05, 0.1) is 10.2 Å². The molecule has 5 heteroatoms. The van der Waals surface area contributed by atoms with Crippen LogP contribution in [0.5, 0.6) is 11.5 Å². The van der Waals surface area contributed by atoms with Gasteiger partial charge in [0.2, 0.25) is 6.79 Å². The number of aromatic nitrogens is 1. The Balaban J connectivity index is 1.52. The largest absolute Gasteiger partial charge is 0.454 e. The average molecular weight is 301 g/mol. The Kier molecular flexibility index (Phi) is 3.01. The van der Waals surface area contributed by atoms with Crippen LogP contribution in [-0.4, -0.2) is 11.8 Å². The molecule has 3 aromatic rings. The summed E-state index contributed by atoms with van der Waals surface area (Å²) in [4.78, 5) is 4.63. The molecule has 0 spiro atoms. The van der Waals surface area contributed by atoms with Crippen molar-refractivity contribution in [1.29, 1.82) is 0 Å². The van der Waals surface area contributed by atoms with Crippen LogP contribution in [0.4, 0.5) is 0 Å². The number of thioether (sulfide) groups is 1. The summed E-state index contributed by atoms with van der Waals surface area (Å²) in [5, 5.41) is 0. The van der Waals surface area contributed by atoms with Crippen molar-refractivity contribution in [3.05, 3.63) is 48.0 Å². The van der Waals surface area contributed by atoms with Gasteiger partial charge in [-0.05, 0) is 29.8 Å². The van der Waals surface area contributed by atoms with Gasteiger partial charge in [-0.3, -0.25) is 0 Å². The van der Waals surface area contributed by atoms with E-state index < -0.39 is 0 Å². The molecular formula is C15H11NO2S2. The Bertz CT molecular complexity index is 736. The number of hydrogen-bond acceptors (Lipinski definition) is 5. The van der Waals surface area contributed by atoms with Gasteiger partial charge in [0, 0.05) is 5.75 Å². The van der Waals surface area contributed by atoms with Crippen LogP contribution in [0.2, 0.25) is 0 Å². The van der Waals surface area contributed by atoms with Crippen LogP contribution in [0.3, 0.4) is 0 Å². The smallest absolute Gasteiger partial charge is 0.231 e. The maximum Gasteiger partial charge on any atom is 0.231 e. The van der Waals surface area contributed by atoms with E-state index in [1.54, 1.807) is 23.1 Å². The summed E-state index contributed by atoms with van der Waals surface area (Å²) in [7, 11) is 0. The first-order chi connectivity index (χ1) is 9.88. The van der Waals surface area contributed by atoms with Crippen LogP contribution in [0.1, 0.15) is 5.56 Å². The van der Waals surface area contributed by atoms with E-state index in [0.717, 1.165) is 27.1 Å². The van der Waals surface area contributed by atoms with E-state index in [9.17, 15) is 0 Å². The van der Waals surface area contributed by atoms with Crippen molar-refractivity contribution in [2.24, 2.45) is 0 Å². The minimum atomic E-state index is 0.323. The molecule has 0 atom stereocenters. The number of thiazole rings is 1. The highest BCUT2D eigenvalue weighted by atomic mass is 32.2. The summed E-state index contributed by atoms with van der Waals surface area (Å²) in [5.41, 5.74) is 2.30. The molecule has 0 saturated heterocycles. The molecule has 1 aliphatic heterocycles. The zero-order valence-electron chi connectivity index (χ0n) is 10.5. The molecule has 100 valence electrons. The predicted molar refractivity (Wildman–Crippen MR) is 81.7 cm³/mol. The first-order valence-electron chi connectivity index (χ1n) is 6.25. The van der Waals surface area contributed by atoms with Crippen LogP contribution in [0, 0.1) is 0 Å². The molecule has 0 bridgehead atoms. The Morgan fingerprint density at radius 1 is 1.10 bits per heavy atom. The lowest BCUT2D eigenvalue weighted by Crippen LogP contribution is -1.92. The number of hydrogen-bond donors (Lipinski definition) is 0. The Morgan fingerprint density at radius 3 is 2.95 bits per heavy atom. The van der Waals surface area contributed by atoms with E-state index in [1.165, 1.54) is 10.3 Å². The highest BCUT2D eigenvalue weighted by molar-refractivity contribution is 8.00. The number of nitrogens with zero attached hydrogens (tertiary/aromatic N) is 1. The monoisotopic (exact) mass is 301 g/mol. The second-order valence-corrected chi connectivity index (χ2v) is 6.68. The second kappa shape index (κ2) is 5.00. The maximum absolute atomic E-state index is 5.39. The third-order valence-electron chi connectivity index (χ3n) is 3.07. The van der Waals surface area contributed by atoms with Crippen molar-refractivity contribution in [2.45, 2.75) is 10.1 Å². The third kappa shape index (κ3) is 2.23. The molecule has 0 radical (unpaired) electrons. The first kappa shape index (κ1) is 12.1. The van der Waals surface area contributed by atoms with Gasteiger partial charge >= 0.3 is 0 Å². The minimum Gasteiger partial charge on any atom is -0.454 e. The van der Waals surface area contributed by atoms with Gasteiger partial charge in [0.25, 0.3) is 0 Å². The Hall–Kier alpha value is -1.72. The lowest BCUT2D eigenvalue weighted by atomic mass is 10.2. The SMILES string of the molecule is c1ccc2sc(SCc3ccc4c(c3)OCO4)nc2c1. The van der Waals surface area contributed by atoms with Crippen molar-refractivity contribution < 1.29 is 9.47 Å². The first-order valence-corrected chi connectivity index (χ1v) is 8.05. The van der Waals surface area contributed by atoms with E-state index in [4.69, 9.17) is 9.47 Å². The molecule has 4 rings (SSSR count). The molecule has 0 saturated carbocycles. The maximum atomic E-state index is 5.39. The van der Waals surface area contributed by atoms with Gasteiger partial charge < -0.3 is 9.47 Å². The van der Waals surface area contributed by atoms with Crippen molar-refractivity contribution in [3.63, 3.8) is 0 Å². The lowest BCUT2D eigenvalue weighted by molar-refractivity contribution is 0.174. The molecule has 1 aliphatic rings. The zero-order valence-corrected chi connectivity index (χ0v) is 12.2. The summed E-state index contributed by atoms with van der Waals surface area (Å²) in [6.45, 7) is 0.323. The number of rotatable bonds is 3. The zero-order chi connectivity index (χ0) is 13.4. The molecule has 0 unspecified atom stereocenters. The third-order valence-corrected chi connectivity index (χ3v) is 5.32. The van der Waals surface area contributed by atoms with E-state index >= 15 is 0 Å². The van der Waals surface area contributed by atoms with Gasteiger partial charge in [-0.1, -0.05) is 30.0 Å². The number of ether oxygens (including phenoxy) is 2. The summed E-state index contributed by atoms with van der Waals surface area (Å²) in [6.07, 6.45) is 0. The molecule has 0 N–H and O–H groups in total. The molecule has 20 heavy (non-hydrogen) atoms. The van der Waals surface area contributed by atoms with Gasteiger partial charge in [-0.25, -0.2) is 4.98 Å². The van der Waals surface area contributed by atoms with Crippen LogP contribution < -0.4 is 9.47 Å². The van der Waals surface area contributed by atoms with E-state index in [-0.39, 0.29) is 0 Å². The van der Waals surface area contributed by atoms with Crippen LogP contribution >= 0.6 is 23.1 Å². The molecule has 0 fully saturated rings. The topological polar surface area (TPSA) is 31.4 Å². The number of para-hydroxylation sites is 1. The molecule has 3 nitrogen and oxygen atoms in total. The quantitative estimate of drug-likeness (QED) is 0.674. The summed E-state index contributed by atoms with van der Waals surface area (Å²) in [6, 6.07) is 14.3. The van der Waals surface area contributed by atoms with Gasteiger partial charge in [-0.15, -0.1) is 11.3 Å². The fraction of sp³-hybridized carbons (Fsp3) is 0.133. The molecular weight excluding hydrogens is 290 g/mol. The van der Waals surface area contributed by atoms with E-state index in [2.05, 4.69) is 23.2 Å². The predicted octanol–water partition coefficient (Wildman–Crippen LogP) is 4.32. The van der Waals surface area contributed by atoms with Crippen LogP contribution in [0.25, 0.3) is 10.2 Å². The summed E-state index contributed by atoms with van der Waals surface area (Å²) >= 11 is 3.49. The van der Waals surface area contributed by atoms with Gasteiger partial charge in [0.1, 0.15) is 0 Å². The minimum absolute atomic E-state index is 0.323. The molecule has 2 heterocycles. The molecule has 0 amide bonds. The van der Waals surface area contributed by atoms with Crippen molar-refractivity contribution in [3.8, 4) is 11.5 Å². The number of fused-ring (bicyclic) bond motifs is 2. The summed E-state index contributed by atoms with van der Waals surface area (Å²) < 4.78 is 13.0. The molecule has 2 aromatic carbocycles. The lowest BCUT2D eigenvalue weighted by Gasteiger charge is -2.01. The highest BCUT2D eigenvalue weighted by Crippen LogP contribution is 2.35. The Labute approximate surface area is 124 Å². The van der Waals surface area contributed by atoms with E-state index in [0.29, 0.717) is 6.79 Å². The second-order valence-electron chi connectivity index (χ2n) is 4.42. The normalized spacial score (nSPS) is 13.0. The standard InChI is InChI=1S/C15H11NO2S2/c1-2-4-14-11(3-1)16-15(20-14)19-8-10-5-6-12-13(7-10)18-9-17-12/h1-7H,8-9H2. The average Bonchev–Trinajstić information content (AvgIpc) is 3.10. The highest BCUT2D eigenvalue weighted by Gasteiger charge is 2.13. The summed E-state index contributed by atoms with van der Waals surface area (Å²) in [5.74, 6) is 2.56. The number of benzene rings is 2. The van der Waals surface area contributed by atoms with Crippen molar-refractivity contribution in [1.82, 2.24) is 4.98 Å². The fourth-order valence-corrected chi connectivity index (χ4v) is 4.10. The van der Waals surface area contributed by atoms with Crippen molar-refractivity contribution >= 4 is 33.3 Å². The molecule has 0 aliphatic carbocycles. The van der Waals surface area contributed by atoms with Crippen LogP contribution in [0.15, 0.2) is 46.8 Å². The van der Waals surface area contributed by atoms with Gasteiger partial charge in [-0.2, -0.15) is 0 Å². The fourth-order valence-electron chi connectivity index (χ4n) is 2.09. The van der Waals surface area contributed by atoms with Gasteiger partial charge in [0.15, 0.2) is 15.8 Å². The van der Waals surface area contributed by atoms with Crippen molar-refractivity contribution in [2.75, 3.05) is 6.79 Å². The Morgan fingerprint density at radius 2 is 2.00 bits per heavy atom. The van der Waals surface area contributed by atoms with Crippen LogP contribution in [-0.2, 0) is 5.75 Å².